The molecule has 4 aliphatic rings. The van der Waals surface area contributed by atoms with Gasteiger partial charge in [-0.3, -0.25) is 14.1 Å². The minimum atomic E-state index is -4.39. The number of halogens is 2. The number of hydrogen-bond acceptors (Lipinski definition) is 9. The van der Waals surface area contributed by atoms with E-state index >= 15 is 0 Å². The number of fused-ring (bicyclic) bond motifs is 1. The summed E-state index contributed by atoms with van der Waals surface area (Å²) in [7, 11) is -4.39. The number of esters is 2. The first-order valence-electron chi connectivity index (χ1n) is 15.3. The van der Waals surface area contributed by atoms with E-state index < -0.39 is 45.7 Å². The SMILES string of the molecule is O=C(O)c1ccc(OCCOC(=O)C2C(C(=O)OCCOc3ccc(S(=O)(=O)O)c(I)c3)C3c4ccccc4C2C2C=CC=CC23)c(F)c1. The summed E-state index contributed by atoms with van der Waals surface area (Å²) in [5.74, 6) is -5.94. The van der Waals surface area contributed by atoms with Gasteiger partial charge in [0.25, 0.3) is 10.1 Å². The summed E-state index contributed by atoms with van der Waals surface area (Å²) in [5, 5.41) is 9.05. The van der Waals surface area contributed by atoms with Gasteiger partial charge < -0.3 is 24.1 Å². The van der Waals surface area contributed by atoms with Crippen molar-refractivity contribution in [2.45, 2.75) is 16.7 Å². The van der Waals surface area contributed by atoms with Gasteiger partial charge in [0.05, 0.1) is 17.4 Å². The highest BCUT2D eigenvalue weighted by molar-refractivity contribution is 14.1. The molecule has 0 saturated heterocycles. The lowest BCUT2D eigenvalue weighted by Gasteiger charge is -2.54. The third kappa shape index (κ3) is 7.07. The Morgan fingerprint density at radius 1 is 0.776 bits per heavy atom. The van der Waals surface area contributed by atoms with Crippen molar-refractivity contribution in [3.63, 3.8) is 0 Å². The summed E-state index contributed by atoms with van der Waals surface area (Å²) >= 11 is 1.76. The first-order chi connectivity index (χ1) is 23.5. The van der Waals surface area contributed by atoms with Crippen LogP contribution in [-0.2, 0) is 29.2 Å². The number of rotatable bonds is 12. The quantitative estimate of drug-likeness (QED) is 0.104. The van der Waals surface area contributed by atoms with Crippen molar-refractivity contribution in [2.24, 2.45) is 23.7 Å². The number of allylic oxidation sites excluding steroid dienone is 4. The average molecular weight is 805 g/mol. The van der Waals surface area contributed by atoms with Gasteiger partial charge in [0.1, 0.15) is 37.1 Å². The zero-order chi connectivity index (χ0) is 34.9. The van der Waals surface area contributed by atoms with Crippen LogP contribution < -0.4 is 9.47 Å². The van der Waals surface area contributed by atoms with Crippen LogP contribution in [0.3, 0.4) is 0 Å². The number of carbonyl (C=O) groups is 3. The van der Waals surface area contributed by atoms with E-state index in [9.17, 15) is 31.7 Å². The van der Waals surface area contributed by atoms with Crippen LogP contribution in [0.5, 0.6) is 11.5 Å². The van der Waals surface area contributed by atoms with E-state index in [-0.39, 0.29) is 69.9 Å². The van der Waals surface area contributed by atoms with Gasteiger partial charge in [-0.2, -0.15) is 8.42 Å². The molecule has 3 aromatic rings. The molecule has 2 N–H and O–H groups in total. The fourth-order valence-corrected chi connectivity index (χ4v) is 8.98. The highest BCUT2D eigenvalue weighted by Gasteiger charge is 2.60. The van der Waals surface area contributed by atoms with E-state index in [1.54, 1.807) is 22.6 Å². The van der Waals surface area contributed by atoms with Crippen molar-refractivity contribution in [1.82, 2.24) is 0 Å². The molecule has 0 radical (unpaired) electrons. The first kappa shape index (κ1) is 34.6. The van der Waals surface area contributed by atoms with Crippen molar-refractivity contribution in [2.75, 3.05) is 26.4 Å². The summed E-state index contributed by atoms with van der Waals surface area (Å²) in [4.78, 5) is 38.6. The van der Waals surface area contributed by atoms with Gasteiger partial charge in [0.2, 0.25) is 0 Å². The van der Waals surface area contributed by atoms with Crippen LogP contribution in [0.15, 0.2) is 89.9 Å². The van der Waals surface area contributed by atoms with Crippen LogP contribution in [-0.4, -0.2) is 62.4 Å². The van der Waals surface area contributed by atoms with E-state index in [4.69, 9.17) is 24.1 Å². The molecule has 0 aromatic heterocycles. The molecule has 49 heavy (non-hydrogen) atoms. The van der Waals surface area contributed by atoms with E-state index in [1.165, 1.54) is 30.3 Å². The maximum atomic E-state index is 14.3. The van der Waals surface area contributed by atoms with Crippen LogP contribution in [0.1, 0.15) is 33.3 Å². The summed E-state index contributed by atoms with van der Waals surface area (Å²) in [5.41, 5.74) is 1.69. The molecule has 6 atom stereocenters. The first-order valence-corrected chi connectivity index (χ1v) is 17.8. The van der Waals surface area contributed by atoms with E-state index in [0.29, 0.717) is 5.75 Å². The Kier molecular flexibility index (Phi) is 10.1. The van der Waals surface area contributed by atoms with E-state index in [0.717, 1.165) is 17.2 Å². The lowest BCUT2D eigenvalue weighted by molar-refractivity contribution is -0.169. The highest BCUT2D eigenvalue weighted by atomic mass is 127. The molecule has 256 valence electrons. The molecule has 0 aliphatic heterocycles. The Hall–Kier alpha value is -4.28. The number of carboxylic acid groups (broad SMARTS) is 1. The number of hydrogen-bond donors (Lipinski definition) is 2. The number of aromatic carboxylic acids is 1. The van der Waals surface area contributed by atoms with Crippen molar-refractivity contribution >= 4 is 50.6 Å². The third-order valence-electron chi connectivity index (χ3n) is 9.01. The van der Waals surface area contributed by atoms with E-state index in [1.807, 2.05) is 36.4 Å². The standard InChI is InChI=1S/C35H30FIO11S/c36-25-17-19(33(38)39)9-11-27(25)46-14-16-48-35(41)32-30-23-7-3-1-5-21(23)29(22-6-2-4-8-24(22)30)31(32)34(40)47-15-13-45-20-10-12-28(26(37)18-20)49(42,43)44/h1-12,17-18,21,23,29-32H,13-16H2,(H,38,39)(H,42,43,44). The second kappa shape index (κ2) is 14.3. The molecular weight excluding hydrogens is 774 g/mol. The largest absolute Gasteiger partial charge is 0.490 e. The Labute approximate surface area is 294 Å². The molecule has 4 aliphatic carbocycles. The van der Waals surface area contributed by atoms with E-state index in [2.05, 4.69) is 12.2 Å². The minimum absolute atomic E-state index is 0.0599. The number of ether oxygens (including phenoxy) is 4. The predicted octanol–water partition coefficient (Wildman–Crippen LogP) is 5.40. The topological polar surface area (TPSA) is 163 Å². The average Bonchev–Trinajstić information content (AvgIpc) is 3.08. The zero-order valence-electron chi connectivity index (χ0n) is 25.6. The molecule has 0 spiro atoms. The van der Waals surface area contributed by atoms with Crippen LogP contribution in [0.4, 0.5) is 4.39 Å². The maximum absolute atomic E-state index is 14.3. The fourth-order valence-electron chi connectivity index (χ4n) is 7.11. The Morgan fingerprint density at radius 2 is 1.35 bits per heavy atom. The third-order valence-corrected chi connectivity index (χ3v) is 11.2. The van der Waals surface area contributed by atoms with Crippen molar-refractivity contribution in [3.05, 3.63) is 111 Å². The number of carboxylic acids is 1. The monoisotopic (exact) mass is 804 g/mol. The molecule has 2 bridgehead atoms. The van der Waals surface area contributed by atoms with Crippen molar-refractivity contribution in [1.29, 1.82) is 0 Å². The maximum Gasteiger partial charge on any atom is 0.335 e. The van der Waals surface area contributed by atoms with Crippen LogP contribution in [0.25, 0.3) is 0 Å². The predicted molar refractivity (Wildman–Crippen MR) is 179 cm³/mol. The van der Waals surface area contributed by atoms with Gasteiger partial charge >= 0.3 is 17.9 Å². The summed E-state index contributed by atoms with van der Waals surface area (Å²) in [6, 6.07) is 15.0. The molecule has 6 unspecified atom stereocenters. The smallest absolute Gasteiger partial charge is 0.335 e. The van der Waals surface area contributed by atoms with Crippen molar-refractivity contribution < 1.29 is 55.8 Å². The van der Waals surface area contributed by atoms with Gasteiger partial charge in [-0.15, -0.1) is 0 Å². The Morgan fingerprint density at radius 3 is 1.86 bits per heavy atom. The molecule has 0 amide bonds. The van der Waals surface area contributed by atoms with Crippen LogP contribution in [0.2, 0.25) is 0 Å². The number of benzene rings is 3. The van der Waals surface area contributed by atoms with Crippen molar-refractivity contribution in [3.8, 4) is 11.5 Å². The molecule has 1 saturated carbocycles. The lowest BCUT2D eigenvalue weighted by Crippen LogP contribution is -2.54. The van der Waals surface area contributed by atoms with Gasteiger partial charge in [-0.25, -0.2) is 9.18 Å². The molecule has 14 heteroatoms. The van der Waals surface area contributed by atoms with Gasteiger partial charge in [0.15, 0.2) is 11.6 Å². The molecule has 11 nitrogen and oxygen atoms in total. The van der Waals surface area contributed by atoms with Gasteiger partial charge in [-0.1, -0.05) is 48.6 Å². The second-order valence-corrected chi connectivity index (χ2v) is 14.3. The number of carbonyl (C=O) groups excluding carboxylic acids is 2. The minimum Gasteiger partial charge on any atom is -0.490 e. The van der Waals surface area contributed by atoms with Gasteiger partial charge in [0, 0.05) is 15.4 Å². The zero-order valence-corrected chi connectivity index (χ0v) is 28.6. The Bertz CT molecular complexity index is 1960. The summed E-state index contributed by atoms with van der Waals surface area (Å²) in [6.45, 7) is -0.673. The Balaban J connectivity index is 1.17. The molecular formula is C35H30FIO11S. The molecule has 7 rings (SSSR count). The van der Waals surface area contributed by atoms with Crippen LogP contribution >= 0.6 is 22.6 Å². The second-order valence-electron chi connectivity index (χ2n) is 11.7. The summed E-state index contributed by atoms with van der Waals surface area (Å²) in [6.07, 6.45) is 7.97. The van der Waals surface area contributed by atoms with Gasteiger partial charge in [-0.05, 0) is 82.0 Å². The normalized spacial score (nSPS) is 23.2. The van der Waals surface area contributed by atoms with Crippen LogP contribution in [0, 0.1) is 33.1 Å². The molecule has 1 fully saturated rings. The molecule has 3 aromatic carbocycles. The fraction of sp³-hybridized carbons (Fsp3) is 0.286. The highest BCUT2D eigenvalue weighted by Crippen LogP contribution is 2.62. The lowest BCUT2D eigenvalue weighted by atomic mass is 9.48. The molecule has 0 heterocycles. The summed E-state index contributed by atoms with van der Waals surface area (Å²) < 4.78 is 69.3.